The minimum atomic E-state index is -3.05. The highest BCUT2D eigenvalue weighted by atomic mass is 16.3. The number of phenolic OH excluding ortho intramolecular Hbond substituents is 2. The van der Waals surface area contributed by atoms with Gasteiger partial charge in [-0.3, -0.25) is 19.2 Å². The molecule has 0 fully saturated rings. The summed E-state index contributed by atoms with van der Waals surface area (Å²) >= 11 is 0. The molecule has 4 rings (SSSR count). The van der Waals surface area contributed by atoms with Crippen molar-refractivity contribution in [2.45, 2.75) is 18.9 Å². The van der Waals surface area contributed by atoms with Gasteiger partial charge in [-0.15, -0.1) is 0 Å². The molecule has 29 heavy (non-hydrogen) atoms. The SMILES string of the molecule is Cc1c2c(c(O)c3c(O)cccc13)C(=O)C1(O)C(=O)C(C(N)=O)=C([O-])C(=O)C1C2. The van der Waals surface area contributed by atoms with Crippen LogP contribution in [0.15, 0.2) is 29.5 Å². The highest BCUT2D eigenvalue weighted by Crippen LogP contribution is 2.48. The summed E-state index contributed by atoms with van der Waals surface area (Å²) in [5.74, 6) is -9.92. The fourth-order valence-electron chi connectivity index (χ4n) is 4.26. The molecule has 0 radical (unpaired) electrons. The fourth-order valence-corrected chi connectivity index (χ4v) is 4.26. The molecule has 0 saturated carbocycles. The topological polar surface area (TPSA) is 178 Å². The van der Waals surface area contributed by atoms with Crippen molar-refractivity contribution in [1.82, 2.24) is 0 Å². The van der Waals surface area contributed by atoms with Crippen LogP contribution < -0.4 is 10.8 Å². The van der Waals surface area contributed by atoms with Crippen LogP contribution >= 0.6 is 0 Å². The van der Waals surface area contributed by atoms with Crippen molar-refractivity contribution in [2.24, 2.45) is 11.7 Å². The van der Waals surface area contributed by atoms with Gasteiger partial charge in [-0.25, -0.2) is 0 Å². The first-order chi connectivity index (χ1) is 13.5. The lowest BCUT2D eigenvalue weighted by atomic mass is 9.62. The van der Waals surface area contributed by atoms with Gasteiger partial charge >= 0.3 is 0 Å². The lowest BCUT2D eigenvalue weighted by molar-refractivity contribution is -0.302. The Hall–Kier alpha value is -3.72. The smallest absolute Gasteiger partial charge is 0.251 e. The molecule has 2 aliphatic carbocycles. The second kappa shape index (κ2) is 5.65. The number of fused-ring (bicyclic) bond motifs is 3. The number of allylic oxidation sites excluding steroid dienone is 1. The molecule has 2 aromatic carbocycles. The molecular formula is C20H14NO8-. The lowest BCUT2D eigenvalue weighted by Crippen LogP contribution is -2.63. The molecule has 9 heteroatoms. The molecule has 0 heterocycles. The van der Waals surface area contributed by atoms with Crippen LogP contribution in [0.1, 0.15) is 21.5 Å². The number of hydrogen-bond donors (Lipinski definition) is 4. The van der Waals surface area contributed by atoms with E-state index in [1.807, 2.05) is 0 Å². The number of rotatable bonds is 1. The first-order valence-electron chi connectivity index (χ1n) is 8.56. The summed E-state index contributed by atoms with van der Waals surface area (Å²) in [5, 5.41) is 44.3. The van der Waals surface area contributed by atoms with E-state index in [4.69, 9.17) is 5.73 Å². The van der Waals surface area contributed by atoms with Gasteiger partial charge in [0.15, 0.2) is 5.78 Å². The Bertz CT molecular complexity index is 1220. The largest absolute Gasteiger partial charge is 0.869 e. The van der Waals surface area contributed by atoms with Gasteiger partial charge in [-0.2, -0.15) is 0 Å². The van der Waals surface area contributed by atoms with Crippen LogP contribution in [0, 0.1) is 12.8 Å². The Morgan fingerprint density at radius 3 is 2.48 bits per heavy atom. The van der Waals surface area contributed by atoms with Crippen LogP contribution in [-0.2, 0) is 20.8 Å². The second-order valence-electron chi connectivity index (χ2n) is 7.14. The Kier molecular flexibility index (Phi) is 3.63. The maximum absolute atomic E-state index is 13.2. The highest BCUT2D eigenvalue weighted by molar-refractivity contribution is 6.37. The van der Waals surface area contributed by atoms with Crippen molar-refractivity contribution < 1.29 is 39.6 Å². The van der Waals surface area contributed by atoms with Gasteiger partial charge in [0.1, 0.15) is 11.5 Å². The summed E-state index contributed by atoms with van der Waals surface area (Å²) in [6.45, 7) is 1.58. The number of hydrogen-bond acceptors (Lipinski definition) is 8. The van der Waals surface area contributed by atoms with E-state index in [1.165, 1.54) is 12.1 Å². The highest BCUT2D eigenvalue weighted by Gasteiger charge is 2.61. The standard InChI is InChI=1S/C20H15NO8/c1-6-7-3-2-4-10(22)11(7)15(24)12-8(6)5-9-14(23)16(25)13(19(21)28)18(27)20(9,29)17(12)26/h2-4,9,22,24-25,29H,5H2,1H3,(H2,21,28)/p-1. The van der Waals surface area contributed by atoms with Crippen LogP contribution in [0.2, 0.25) is 0 Å². The molecule has 5 N–H and O–H groups in total. The number of Topliss-reactive ketones (excluding diaryl/α,β-unsaturated/α-hetero) is 3. The Morgan fingerprint density at radius 2 is 1.86 bits per heavy atom. The lowest BCUT2D eigenvalue weighted by Gasteiger charge is -2.42. The molecule has 0 aromatic heterocycles. The van der Waals surface area contributed by atoms with Gasteiger partial charge in [-0.1, -0.05) is 12.1 Å². The van der Waals surface area contributed by atoms with Crippen molar-refractivity contribution in [1.29, 1.82) is 0 Å². The predicted molar refractivity (Wildman–Crippen MR) is 94.7 cm³/mol. The number of carbonyl (C=O) groups excluding carboxylic acids is 4. The Balaban J connectivity index is 2.08. The molecular weight excluding hydrogens is 382 g/mol. The summed E-state index contributed by atoms with van der Waals surface area (Å²) < 4.78 is 0. The van der Waals surface area contributed by atoms with E-state index in [2.05, 4.69) is 0 Å². The number of amides is 1. The van der Waals surface area contributed by atoms with E-state index < -0.39 is 63.8 Å². The van der Waals surface area contributed by atoms with E-state index in [1.54, 1.807) is 13.0 Å². The van der Waals surface area contributed by atoms with Gasteiger partial charge in [0.2, 0.25) is 17.2 Å². The summed E-state index contributed by atoms with van der Waals surface area (Å²) in [6, 6.07) is 4.38. The molecule has 9 nitrogen and oxygen atoms in total. The third kappa shape index (κ3) is 2.07. The molecule has 2 atom stereocenters. The molecule has 0 aliphatic heterocycles. The number of benzene rings is 2. The van der Waals surface area contributed by atoms with Gasteiger partial charge in [0.25, 0.3) is 5.91 Å². The second-order valence-corrected chi connectivity index (χ2v) is 7.14. The number of aliphatic hydroxyl groups is 1. The number of aryl methyl sites for hydroxylation is 1. The number of primary amides is 1. The number of ketones is 3. The van der Waals surface area contributed by atoms with Gasteiger partial charge in [0, 0.05) is 0 Å². The first-order valence-corrected chi connectivity index (χ1v) is 8.56. The minimum Gasteiger partial charge on any atom is -0.869 e. The summed E-state index contributed by atoms with van der Waals surface area (Å²) in [6.07, 6.45) is -0.398. The van der Waals surface area contributed by atoms with Crippen LogP contribution in [-0.4, -0.2) is 44.2 Å². The zero-order valence-electron chi connectivity index (χ0n) is 15.0. The van der Waals surface area contributed by atoms with Crippen molar-refractivity contribution in [2.75, 3.05) is 0 Å². The normalized spacial score (nSPS) is 23.9. The number of nitrogens with two attached hydrogens (primary N) is 1. The van der Waals surface area contributed by atoms with E-state index >= 15 is 0 Å². The average molecular weight is 396 g/mol. The number of phenols is 2. The quantitative estimate of drug-likeness (QED) is 0.346. The zero-order valence-corrected chi connectivity index (χ0v) is 15.0. The van der Waals surface area contributed by atoms with Crippen molar-refractivity contribution in [3.05, 3.63) is 46.2 Å². The first kappa shape index (κ1) is 18.6. The Morgan fingerprint density at radius 1 is 1.21 bits per heavy atom. The maximum Gasteiger partial charge on any atom is 0.251 e. The average Bonchev–Trinajstić information content (AvgIpc) is 2.66. The summed E-state index contributed by atoms with van der Waals surface area (Å²) in [7, 11) is 0. The van der Waals surface area contributed by atoms with Crippen LogP contribution in [0.3, 0.4) is 0 Å². The molecule has 0 bridgehead atoms. The van der Waals surface area contributed by atoms with E-state index in [-0.39, 0.29) is 16.7 Å². The fraction of sp³-hybridized carbons (Fsp3) is 0.200. The van der Waals surface area contributed by atoms with Crippen LogP contribution in [0.25, 0.3) is 10.8 Å². The monoisotopic (exact) mass is 396 g/mol. The van der Waals surface area contributed by atoms with Crippen molar-refractivity contribution in [3.8, 4) is 11.5 Å². The molecule has 0 saturated heterocycles. The third-order valence-electron chi connectivity index (χ3n) is 5.75. The molecule has 0 spiro atoms. The summed E-state index contributed by atoms with van der Waals surface area (Å²) in [5.41, 5.74) is 0.822. The zero-order chi connectivity index (χ0) is 21.4. The van der Waals surface area contributed by atoms with Crippen molar-refractivity contribution in [3.63, 3.8) is 0 Å². The van der Waals surface area contributed by atoms with Gasteiger partial charge in [0.05, 0.1) is 22.4 Å². The van der Waals surface area contributed by atoms with E-state index in [0.717, 1.165) is 0 Å². The van der Waals surface area contributed by atoms with Gasteiger partial charge < -0.3 is 26.2 Å². The van der Waals surface area contributed by atoms with Gasteiger partial charge in [-0.05, 0) is 41.7 Å². The van der Waals surface area contributed by atoms with Crippen LogP contribution in [0.4, 0.5) is 0 Å². The van der Waals surface area contributed by atoms with E-state index in [9.17, 15) is 39.6 Å². The maximum atomic E-state index is 13.2. The molecule has 2 aromatic rings. The van der Waals surface area contributed by atoms with Crippen molar-refractivity contribution >= 4 is 34.0 Å². The molecule has 148 valence electrons. The molecule has 2 unspecified atom stereocenters. The van der Waals surface area contributed by atoms with E-state index in [0.29, 0.717) is 10.9 Å². The predicted octanol–water partition coefficient (Wildman–Crippen LogP) is -1.10. The minimum absolute atomic E-state index is 0.0658. The summed E-state index contributed by atoms with van der Waals surface area (Å²) in [4.78, 5) is 50.0. The number of aromatic hydroxyl groups is 2. The molecule has 1 amide bonds. The van der Waals surface area contributed by atoms with Crippen LogP contribution in [0.5, 0.6) is 11.5 Å². The number of carbonyl (C=O) groups is 4. The third-order valence-corrected chi connectivity index (χ3v) is 5.75. The Labute approximate surface area is 162 Å². The molecule has 2 aliphatic rings.